The van der Waals surface area contributed by atoms with E-state index in [9.17, 15) is 0 Å². The van der Waals surface area contributed by atoms with E-state index >= 15 is 0 Å². The summed E-state index contributed by atoms with van der Waals surface area (Å²) in [6.45, 7) is 13.1. The van der Waals surface area contributed by atoms with Gasteiger partial charge in [0, 0.05) is 5.56 Å². The number of H-pyrrole nitrogens is 1. The molecule has 96 valence electrons. The molecule has 0 unspecified atom stereocenters. The molecule has 0 bridgehead atoms. The van der Waals surface area contributed by atoms with Crippen LogP contribution in [0.25, 0.3) is 11.3 Å². The van der Waals surface area contributed by atoms with Crippen LogP contribution in [0.15, 0.2) is 18.3 Å². The monoisotopic (exact) mass is 242 g/mol. The molecule has 0 fully saturated rings. The molecule has 0 atom stereocenters. The maximum atomic E-state index is 4.29. The van der Waals surface area contributed by atoms with E-state index in [0.29, 0.717) is 0 Å². The summed E-state index contributed by atoms with van der Waals surface area (Å²) in [5.41, 5.74) is 6.59. The number of benzene rings is 1. The van der Waals surface area contributed by atoms with Crippen molar-refractivity contribution in [2.24, 2.45) is 0 Å². The van der Waals surface area contributed by atoms with Crippen molar-refractivity contribution in [3.63, 3.8) is 0 Å². The van der Waals surface area contributed by atoms with Crippen LogP contribution in [0.3, 0.4) is 0 Å². The predicted octanol–water partition coefficient (Wildman–Crippen LogP) is 4.30. The van der Waals surface area contributed by atoms with Crippen LogP contribution in [-0.2, 0) is 5.41 Å². The maximum absolute atomic E-state index is 4.29. The molecule has 0 spiro atoms. The summed E-state index contributed by atoms with van der Waals surface area (Å²) in [7, 11) is 0. The Morgan fingerprint density at radius 2 is 1.56 bits per heavy atom. The number of hydrogen-bond acceptors (Lipinski definition) is 1. The van der Waals surface area contributed by atoms with Gasteiger partial charge in [0.2, 0.25) is 0 Å². The Kier molecular flexibility index (Phi) is 3.05. The summed E-state index contributed by atoms with van der Waals surface area (Å²) >= 11 is 0. The van der Waals surface area contributed by atoms with Crippen molar-refractivity contribution < 1.29 is 0 Å². The van der Waals surface area contributed by atoms with Crippen LogP contribution in [-0.4, -0.2) is 9.97 Å². The van der Waals surface area contributed by atoms with Gasteiger partial charge in [-0.2, -0.15) is 0 Å². The number of aromatic nitrogens is 2. The molecule has 2 heteroatoms. The summed E-state index contributed by atoms with van der Waals surface area (Å²) < 4.78 is 0. The highest BCUT2D eigenvalue weighted by Crippen LogP contribution is 2.31. The maximum Gasteiger partial charge on any atom is 0.103 e. The lowest BCUT2D eigenvalue weighted by Crippen LogP contribution is -2.12. The molecule has 1 heterocycles. The van der Waals surface area contributed by atoms with Gasteiger partial charge in [0.05, 0.1) is 11.9 Å². The fourth-order valence-electron chi connectivity index (χ4n) is 2.37. The van der Waals surface area contributed by atoms with E-state index in [1.54, 1.807) is 0 Å². The Morgan fingerprint density at radius 1 is 1.00 bits per heavy atom. The number of nitrogens with one attached hydrogen (secondary N) is 1. The number of aromatic amines is 1. The first-order valence-electron chi connectivity index (χ1n) is 6.43. The van der Waals surface area contributed by atoms with Crippen LogP contribution >= 0.6 is 0 Å². The summed E-state index contributed by atoms with van der Waals surface area (Å²) in [5, 5.41) is 0. The number of aryl methyl sites for hydroxylation is 3. The summed E-state index contributed by atoms with van der Waals surface area (Å²) in [4.78, 5) is 7.61. The zero-order valence-corrected chi connectivity index (χ0v) is 12.2. The normalized spacial score (nSPS) is 11.9. The average molecular weight is 242 g/mol. The standard InChI is InChI=1S/C16H22N2/c1-10-7-13(16(4,5)6)8-11(2)15(10)14-9-17-12(3)18-14/h7-9H,1-6H3,(H,17,18). The van der Waals surface area contributed by atoms with Gasteiger partial charge in [0.1, 0.15) is 5.82 Å². The molecule has 0 radical (unpaired) electrons. The lowest BCUT2D eigenvalue weighted by atomic mass is 9.83. The second kappa shape index (κ2) is 4.27. The third-order valence-electron chi connectivity index (χ3n) is 3.37. The number of rotatable bonds is 1. The van der Waals surface area contributed by atoms with E-state index in [-0.39, 0.29) is 5.41 Å². The van der Waals surface area contributed by atoms with Gasteiger partial charge in [0.15, 0.2) is 0 Å². The molecule has 0 aliphatic carbocycles. The summed E-state index contributed by atoms with van der Waals surface area (Å²) in [5.74, 6) is 0.962. The van der Waals surface area contributed by atoms with Gasteiger partial charge in [-0.3, -0.25) is 0 Å². The van der Waals surface area contributed by atoms with Gasteiger partial charge in [-0.05, 0) is 42.9 Å². The first-order valence-corrected chi connectivity index (χ1v) is 6.43. The van der Waals surface area contributed by atoms with Crippen molar-refractivity contribution in [2.45, 2.75) is 47.0 Å². The zero-order chi connectivity index (χ0) is 13.5. The van der Waals surface area contributed by atoms with Crippen LogP contribution in [0.4, 0.5) is 0 Å². The molecule has 2 nitrogen and oxygen atoms in total. The number of nitrogens with zero attached hydrogens (tertiary/aromatic N) is 1. The SMILES string of the molecule is Cc1ncc(-c2c(C)cc(C(C)(C)C)cc2C)[nH]1. The minimum atomic E-state index is 0.192. The van der Waals surface area contributed by atoms with Crippen molar-refractivity contribution in [3.8, 4) is 11.3 Å². The molecular formula is C16H22N2. The summed E-state index contributed by atoms with van der Waals surface area (Å²) in [6, 6.07) is 4.58. The minimum Gasteiger partial charge on any atom is -0.342 e. The molecule has 1 N–H and O–H groups in total. The van der Waals surface area contributed by atoms with Gasteiger partial charge >= 0.3 is 0 Å². The molecule has 1 aromatic heterocycles. The van der Waals surface area contributed by atoms with Gasteiger partial charge < -0.3 is 4.98 Å². The van der Waals surface area contributed by atoms with Crippen LogP contribution < -0.4 is 0 Å². The van der Waals surface area contributed by atoms with E-state index in [0.717, 1.165) is 11.5 Å². The third kappa shape index (κ3) is 2.33. The highest BCUT2D eigenvalue weighted by molar-refractivity contribution is 5.68. The number of imidazole rings is 1. The number of hydrogen-bond donors (Lipinski definition) is 1. The van der Waals surface area contributed by atoms with Crippen LogP contribution in [0.2, 0.25) is 0 Å². The lowest BCUT2D eigenvalue weighted by Gasteiger charge is -2.22. The van der Waals surface area contributed by atoms with Crippen molar-refractivity contribution in [2.75, 3.05) is 0 Å². The van der Waals surface area contributed by atoms with E-state index in [2.05, 4.69) is 56.7 Å². The largest absolute Gasteiger partial charge is 0.342 e. The molecular weight excluding hydrogens is 220 g/mol. The first kappa shape index (κ1) is 12.9. The second-order valence-corrected chi connectivity index (χ2v) is 6.12. The minimum absolute atomic E-state index is 0.192. The Bertz CT molecular complexity index is 548. The topological polar surface area (TPSA) is 28.7 Å². The molecule has 0 amide bonds. The van der Waals surface area contributed by atoms with E-state index < -0.39 is 0 Å². The van der Waals surface area contributed by atoms with E-state index in [1.165, 1.54) is 22.3 Å². The van der Waals surface area contributed by atoms with Gasteiger partial charge in [0.25, 0.3) is 0 Å². The lowest BCUT2D eigenvalue weighted by molar-refractivity contribution is 0.589. The Hall–Kier alpha value is -1.57. The molecule has 2 aromatic rings. The molecule has 1 aromatic carbocycles. The molecule has 18 heavy (non-hydrogen) atoms. The Labute approximate surface area is 109 Å². The quantitative estimate of drug-likeness (QED) is 0.793. The fraction of sp³-hybridized carbons (Fsp3) is 0.438. The smallest absolute Gasteiger partial charge is 0.103 e. The van der Waals surface area contributed by atoms with Gasteiger partial charge in [-0.15, -0.1) is 0 Å². The molecule has 0 saturated heterocycles. The van der Waals surface area contributed by atoms with E-state index in [1.807, 2.05) is 13.1 Å². The van der Waals surface area contributed by atoms with E-state index in [4.69, 9.17) is 0 Å². The molecule has 0 saturated carbocycles. The zero-order valence-electron chi connectivity index (χ0n) is 12.2. The van der Waals surface area contributed by atoms with Crippen molar-refractivity contribution >= 4 is 0 Å². The molecule has 0 aliphatic heterocycles. The highest BCUT2D eigenvalue weighted by atomic mass is 14.9. The Balaban J connectivity index is 2.58. The van der Waals surface area contributed by atoms with Crippen molar-refractivity contribution in [1.82, 2.24) is 9.97 Å². The van der Waals surface area contributed by atoms with Crippen molar-refractivity contribution in [3.05, 3.63) is 40.8 Å². The second-order valence-electron chi connectivity index (χ2n) is 6.12. The summed E-state index contributed by atoms with van der Waals surface area (Å²) in [6.07, 6.45) is 1.92. The highest BCUT2D eigenvalue weighted by Gasteiger charge is 2.17. The molecule has 0 aliphatic rings. The van der Waals surface area contributed by atoms with Gasteiger partial charge in [-0.1, -0.05) is 32.9 Å². The first-order chi connectivity index (χ1) is 8.29. The van der Waals surface area contributed by atoms with Crippen LogP contribution in [0.1, 0.15) is 43.3 Å². The fourth-order valence-corrected chi connectivity index (χ4v) is 2.37. The molecule has 2 rings (SSSR count). The Morgan fingerprint density at radius 3 is 1.94 bits per heavy atom. The predicted molar refractivity (Wildman–Crippen MR) is 76.9 cm³/mol. The van der Waals surface area contributed by atoms with Gasteiger partial charge in [-0.25, -0.2) is 4.98 Å². The third-order valence-corrected chi connectivity index (χ3v) is 3.37. The average Bonchev–Trinajstić information content (AvgIpc) is 2.62. The van der Waals surface area contributed by atoms with Crippen LogP contribution in [0, 0.1) is 20.8 Å². The van der Waals surface area contributed by atoms with Crippen molar-refractivity contribution in [1.29, 1.82) is 0 Å². The van der Waals surface area contributed by atoms with Crippen LogP contribution in [0.5, 0.6) is 0 Å².